The summed E-state index contributed by atoms with van der Waals surface area (Å²) in [7, 11) is 0. The van der Waals surface area contributed by atoms with Gasteiger partial charge in [-0.05, 0) is 11.4 Å². The Morgan fingerprint density at radius 1 is 1.59 bits per heavy atom. The fraction of sp³-hybridized carbons (Fsp3) is 0.300. The lowest BCUT2D eigenvalue weighted by molar-refractivity contribution is -0.108. The molecule has 0 aromatic carbocycles. The van der Waals surface area contributed by atoms with Gasteiger partial charge in [0.15, 0.2) is 10.1 Å². The molecule has 0 aliphatic rings. The van der Waals surface area contributed by atoms with Gasteiger partial charge in [-0.25, -0.2) is 9.97 Å². The van der Waals surface area contributed by atoms with Crippen LogP contribution in [0.5, 0.6) is 0 Å². The number of aldehydes is 1. The summed E-state index contributed by atoms with van der Waals surface area (Å²) < 4.78 is 0.00931. The van der Waals surface area contributed by atoms with Crippen LogP contribution in [0.4, 0.5) is 5.82 Å². The lowest BCUT2D eigenvalue weighted by Gasteiger charge is -2.12. The number of nitrogens with zero attached hydrogens (tertiary/aromatic N) is 2. The van der Waals surface area contributed by atoms with E-state index in [-0.39, 0.29) is 0 Å². The minimum Gasteiger partial charge on any atom is -0.369 e. The van der Waals surface area contributed by atoms with Gasteiger partial charge in [-0.1, -0.05) is 27.5 Å². The van der Waals surface area contributed by atoms with Crippen molar-refractivity contribution in [2.45, 2.75) is 10.2 Å². The molecule has 4 nitrogen and oxygen atoms in total. The van der Waals surface area contributed by atoms with Crippen LogP contribution in [0.2, 0.25) is 0 Å². The fourth-order valence-corrected chi connectivity index (χ4v) is 2.42. The number of hydrogen-bond donors (Lipinski definition) is 1. The first-order valence-corrected chi connectivity index (χ1v) is 6.94. The molecule has 90 valence electrons. The van der Waals surface area contributed by atoms with Gasteiger partial charge in [0.05, 0.1) is 10.2 Å². The van der Waals surface area contributed by atoms with Crippen LogP contribution in [0.1, 0.15) is 6.42 Å². The predicted octanol–water partition coefficient (Wildman–Crippen LogP) is 3.02. The minimum absolute atomic E-state index is 0.467. The second kappa shape index (κ2) is 5.29. The number of aromatic nitrogens is 2. The van der Waals surface area contributed by atoms with E-state index in [1.165, 1.54) is 6.33 Å². The zero-order valence-electron chi connectivity index (χ0n) is 8.69. The molecular weight excluding hydrogens is 326 g/mol. The number of hydrogen-bond acceptors (Lipinski definition) is 5. The van der Waals surface area contributed by atoms with Gasteiger partial charge in [0.25, 0.3) is 0 Å². The Kier molecular flexibility index (Phi) is 3.96. The van der Waals surface area contributed by atoms with Crippen molar-refractivity contribution in [2.24, 2.45) is 0 Å². The molecule has 17 heavy (non-hydrogen) atoms. The highest BCUT2D eigenvalue weighted by molar-refractivity contribution is 9.10. The van der Waals surface area contributed by atoms with Crippen LogP contribution in [0.3, 0.4) is 0 Å². The largest absolute Gasteiger partial charge is 0.369 e. The van der Waals surface area contributed by atoms with Crippen LogP contribution in [-0.2, 0) is 4.79 Å². The Balaban J connectivity index is 2.04. The maximum atomic E-state index is 10.6. The van der Waals surface area contributed by atoms with Crippen molar-refractivity contribution in [3.8, 4) is 0 Å². The van der Waals surface area contributed by atoms with Gasteiger partial charge in [-0.3, -0.25) is 0 Å². The Morgan fingerprint density at radius 3 is 3.18 bits per heavy atom. The molecule has 0 saturated carbocycles. The highest BCUT2D eigenvalue weighted by Crippen LogP contribution is 2.27. The first-order valence-electron chi connectivity index (χ1n) is 4.88. The molecule has 0 spiro atoms. The topological polar surface area (TPSA) is 54.9 Å². The highest BCUT2D eigenvalue weighted by atomic mass is 79.9. The molecule has 1 N–H and O–H groups in total. The van der Waals surface area contributed by atoms with Crippen LogP contribution in [0.25, 0.3) is 10.2 Å². The summed E-state index contributed by atoms with van der Waals surface area (Å²) in [5, 5.41) is 5.11. The van der Waals surface area contributed by atoms with Crippen LogP contribution in [0.15, 0.2) is 17.8 Å². The third-order valence-electron chi connectivity index (χ3n) is 2.17. The molecule has 2 heterocycles. The highest BCUT2D eigenvalue weighted by Gasteiger charge is 2.21. The van der Waals surface area contributed by atoms with Crippen LogP contribution in [-0.4, -0.2) is 26.6 Å². The maximum absolute atomic E-state index is 10.6. The monoisotopic (exact) mass is 333 g/mol. The molecule has 2 rings (SSSR count). The van der Waals surface area contributed by atoms with Gasteiger partial charge >= 0.3 is 0 Å². The molecule has 0 bridgehead atoms. The van der Waals surface area contributed by atoms with E-state index < -0.39 is 3.78 Å². The number of rotatable bonds is 5. The number of nitrogens with one attached hydrogen (secondary N) is 1. The lowest BCUT2D eigenvalue weighted by atomic mass is 10.3. The van der Waals surface area contributed by atoms with Crippen molar-refractivity contribution in [3.05, 3.63) is 17.8 Å². The van der Waals surface area contributed by atoms with E-state index in [1.54, 1.807) is 11.3 Å². The second-order valence-electron chi connectivity index (χ2n) is 3.41. The zero-order chi connectivity index (χ0) is 12.3. The molecular formula is C10H9BrClN3OS. The van der Waals surface area contributed by atoms with Gasteiger partial charge in [0, 0.05) is 13.0 Å². The molecule has 2 aromatic heterocycles. The van der Waals surface area contributed by atoms with Crippen LogP contribution in [0, 0.1) is 0 Å². The van der Waals surface area contributed by atoms with E-state index in [0.717, 1.165) is 16.0 Å². The summed E-state index contributed by atoms with van der Waals surface area (Å²) in [6.45, 7) is 0.553. The molecule has 7 heteroatoms. The van der Waals surface area contributed by atoms with E-state index in [0.29, 0.717) is 19.3 Å². The molecule has 1 unspecified atom stereocenters. The van der Waals surface area contributed by atoms with Gasteiger partial charge in [-0.15, -0.1) is 11.3 Å². The number of anilines is 1. The molecule has 0 aliphatic carbocycles. The summed E-state index contributed by atoms with van der Waals surface area (Å²) in [6, 6.07) is 1.94. The number of fused-ring (bicyclic) bond motifs is 1. The van der Waals surface area contributed by atoms with Gasteiger partial charge in [-0.2, -0.15) is 0 Å². The third-order valence-corrected chi connectivity index (χ3v) is 3.94. The predicted molar refractivity (Wildman–Crippen MR) is 74.1 cm³/mol. The first-order chi connectivity index (χ1) is 8.12. The molecule has 0 fully saturated rings. The Labute approximate surface area is 116 Å². The average molecular weight is 335 g/mol. The summed E-state index contributed by atoms with van der Waals surface area (Å²) in [5.74, 6) is 0.774. The van der Waals surface area contributed by atoms with E-state index in [4.69, 9.17) is 11.6 Å². The average Bonchev–Trinajstić information content (AvgIpc) is 2.78. The van der Waals surface area contributed by atoms with E-state index in [2.05, 4.69) is 31.2 Å². The number of carbonyl (C=O) groups is 1. The molecule has 0 amide bonds. The molecule has 0 saturated heterocycles. The van der Waals surface area contributed by atoms with Gasteiger partial charge in [0.1, 0.15) is 12.1 Å². The van der Waals surface area contributed by atoms with Crippen molar-refractivity contribution in [2.75, 3.05) is 11.9 Å². The maximum Gasteiger partial charge on any atom is 0.156 e. The normalized spacial score (nSPS) is 14.5. The first kappa shape index (κ1) is 12.7. The Bertz CT molecular complexity index is 531. The van der Waals surface area contributed by atoms with E-state index in [1.807, 2.05) is 11.4 Å². The quantitative estimate of drug-likeness (QED) is 0.674. The SMILES string of the molecule is O=CC(Cl)(Br)CCNc1ncnc2ccsc12. The van der Waals surface area contributed by atoms with Crippen LogP contribution >= 0.6 is 38.9 Å². The second-order valence-corrected chi connectivity index (χ2v) is 6.88. The molecule has 2 aromatic rings. The summed E-state index contributed by atoms with van der Waals surface area (Å²) in [5.41, 5.74) is 0.916. The van der Waals surface area contributed by atoms with E-state index >= 15 is 0 Å². The van der Waals surface area contributed by atoms with Crippen molar-refractivity contribution >= 4 is 61.2 Å². The third kappa shape index (κ3) is 3.14. The van der Waals surface area contributed by atoms with Crippen molar-refractivity contribution in [3.63, 3.8) is 0 Å². The molecule has 0 radical (unpaired) electrons. The number of thiophene rings is 1. The van der Waals surface area contributed by atoms with Crippen LogP contribution < -0.4 is 5.32 Å². The molecule has 1 atom stereocenters. The van der Waals surface area contributed by atoms with E-state index in [9.17, 15) is 4.79 Å². The summed E-state index contributed by atoms with van der Waals surface area (Å²) in [6.07, 6.45) is 2.66. The zero-order valence-corrected chi connectivity index (χ0v) is 11.8. The number of alkyl halides is 2. The molecule has 0 aliphatic heterocycles. The Morgan fingerprint density at radius 2 is 2.41 bits per heavy atom. The summed E-state index contributed by atoms with van der Waals surface area (Å²) in [4.78, 5) is 18.9. The van der Waals surface area contributed by atoms with Gasteiger partial charge < -0.3 is 10.1 Å². The lowest BCUT2D eigenvalue weighted by Crippen LogP contribution is -2.19. The van der Waals surface area contributed by atoms with Crippen molar-refractivity contribution < 1.29 is 4.79 Å². The minimum atomic E-state index is -0.998. The number of halogens is 2. The van der Waals surface area contributed by atoms with Gasteiger partial charge in [0.2, 0.25) is 0 Å². The standard InChI is InChI=1S/C10H9BrClN3OS/c11-10(12,5-16)2-3-13-9-8-7(1-4-17-8)14-6-15-9/h1,4-6H,2-3H2,(H,13,14,15). The summed E-state index contributed by atoms with van der Waals surface area (Å²) >= 11 is 10.6. The fourth-order valence-electron chi connectivity index (χ4n) is 1.32. The number of carbonyl (C=O) groups excluding carboxylic acids is 1. The van der Waals surface area contributed by atoms with Crippen molar-refractivity contribution in [1.82, 2.24) is 9.97 Å². The Hall–Kier alpha value is -0.720. The smallest absolute Gasteiger partial charge is 0.156 e. The van der Waals surface area contributed by atoms with Crippen molar-refractivity contribution in [1.29, 1.82) is 0 Å².